The second-order valence-electron chi connectivity index (χ2n) is 4.68. The van der Waals surface area contributed by atoms with E-state index in [1.54, 1.807) is 21.8 Å². The molecule has 0 aliphatic carbocycles. The van der Waals surface area contributed by atoms with Gasteiger partial charge in [-0.1, -0.05) is 25.5 Å². The van der Waals surface area contributed by atoms with Crippen molar-refractivity contribution in [3.63, 3.8) is 0 Å². The average molecular weight is 263 g/mol. The molecule has 0 saturated heterocycles. The van der Waals surface area contributed by atoms with Crippen molar-refractivity contribution in [1.29, 1.82) is 0 Å². The second-order valence-corrected chi connectivity index (χ2v) is 4.68. The second kappa shape index (κ2) is 5.21. The Morgan fingerprint density at radius 2 is 2.26 bits per heavy atom. The summed E-state index contributed by atoms with van der Waals surface area (Å²) in [5.74, 6) is -0.679. The fraction of sp³-hybridized carbons (Fsp3) is 0.500. The van der Waals surface area contributed by atoms with Gasteiger partial charge in [-0.3, -0.25) is 0 Å². The lowest BCUT2D eigenvalue weighted by Gasteiger charge is -2.11. The van der Waals surface area contributed by atoms with Gasteiger partial charge in [0.15, 0.2) is 5.69 Å². The van der Waals surface area contributed by atoms with Crippen LogP contribution >= 0.6 is 0 Å². The predicted octanol–water partition coefficient (Wildman–Crippen LogP) is 1.42. The van der Waals surface area contributed by atoms with Crippen LogP contribution in [0, 0.1) is 5.92 Å². The third kappa shape index (κ3) is 2.49. The van der Waals surface area contributed by atoms with Crippen molar-refractivity contribution in [1.82, 2.24) is 24.5 Å². The molecular weight excluding hydrogens is 246 g/mol. The third-order valence-electron chi connectivity index (χ3n) is 3.18. The minimum Gasteiger partial charge on any atom is -0.476 e. The number of carboxylic acid groups (broad SMARTS) is 1. The van der Waals surface area contributed by atoms with E-state index in [0.29, 0.717) is 23.9 Å². The van der Waals surface area contributed by atoms with E-state index in [1.165, 1.54) is 0 Å². The highest BCUT2D eigenvalue weighted by molar-refractivity contribution is 5.92. The lowest BCUT2D eigenvalue weighted by Crippen LogP contribution is -2.11. The molecule has 2 aromatic heterocycles. The summed E-state index contributed by atoms with van der Waals surface area (Å²) in [5, 5.41) is 17.0. The molecule has 0 aliphatic rings. The van der Waals surface area contributed by atoms with Crippen molar-refractivity contribution in [2.24, 2.45) is 13.0 Å². The van der Waals surface area contributed by atoms with Crippen LogP contribution in [0.1, 0.15) is 30.8 Å². The smallest absolute Gasteiger partial charge is 0.358 e. The van der Waals surface area contributed by atoms with E-state index >= 15 is 0 Å². The molecule has 0 fully saturated rings. The van der Waals surface area contributed by atoms with Crippen LogP contribution in [0.2, 0.25) is 0 Å². The van der Waals surface area contributed by atoms with Crippen LogP contribution in [0.3, 0.4) is 0 Å². The zero-order valence-corrected chi connectivity index (χ0v) is 11.2. The molecule has 1 unspecified atom stereocenters. The number of carboxylic acids is 1. The lowest BCUT2D eigenvalue weighted by atomic mass is 10.1. The lowest BCUT2D eigenvalue weighted by molar-refractivity contribution is 0.0691. The molecular formula is C12H17N5O2. The molecule has 2 heterocycles. The van der Waals surface area contributed by atoms with Gasteiger partial charge in [0, 0.05) is 13.6 Å². The van der Waals surface area contributed by atoms with Gasteiger partial charge in [-0.05, 0) is 5.92 Å². The summed E-state index contributed by atoms with van der Waals surface area (Å²) in [5.41, 5.74) is 1.17. The van der Waals surface area contributed by atoms with E-state index in [4.69, 9.17) is 0 Å². The van der Waals surface area contributed by atoms with E-state index in [-0.39, 0.29) is 5.69 Å². The fourth-order valence-electron chi connectivity index (χ4n) is 1.85. The molecule has 1 atom stereocenters. The Labute approximate surface area is 110 Å². The molecule has 2 rings (SSSR count). The largest absolute Gasteiger partial charge is 0.476 e. The Hall–Kier alpha value is -2.18. The fourth-order valence-corrected chi connectivity index (χ4v) is 1.85. The van der Waals surface area contributed by atoms with Crippen LogP contribution in [0.25, 0.3) is 11.4 Å². The van der Waals surface area contributed by atoms with Gasteiger partial charge < -0.3 is 9.67 Å². The van der Waals surface area contributed by atoms with Gasteiger partial charge >= 0.3 is 5.97 Å². The number of hydrogen-bond acceptors (Lipinski definition) is 4. The zero-order valence-electron chi connectivity index (χ0n) is 11.2. The Morgan fingerprint density at radius 3 is 2.79 bits per heavy atom. The molecule has 7 nitrogen and oxygen atoms in total. The highest BCUT2D eigenvalue weighted by Gasteiger charge is 2.23. The molecule has 0 aromatic carbocycles. The summed E-state index contributed by atoms with van der Waals surface area (Å²) >= 11 is 0. The van der Waals surface area contributed by atoms with E-state index < -0.39 is 5.97 Å². The maximum Gasteiger partial charge on any atom is 0.358 e. The van der Waals surface area contributed by atoms with E-state index in [0.717, 1.165) is 6.42 Å². The van der Waals surface area contributed by atoms with Crippen molar-refractivity contribution in [3.8, 4) is 11.4 Å². The first-order chi connectivity index (χ1) is 9.04. The van der Waals surface area contributed by atoms with Gasteiger partial charge in [-0.15, -0.1) is 5.10 Å². The number of rotatable bonds is 5. The summed E-state index contributed by atoms with van der Waals surface area (Å²) in [6, 6.07) is 0. The first-order valence-electron chi connectivity index (χ1n) is 6.18. The Kier molecular flexibility index (Phi) is 3.64. The van der Waals surface area contributed by atoms with Crippen LogP contribution in [0.4, 0.5) is 0 Å². The summed E-state index contributed by atoms with van der Waals surface area (Å²) in [7, 11) is 1.81. The van der Waals surface area contributed by atoms with Crippen LogP contribution in [0.5, 0.6) is 0 Å². The van der Waals surface area contributed by atoms with Gasteiger partial charge in [0.1, 0.15) is 5.69 Å². The predicted molar refractivity (Wildman–Crippen MR) is 68.6 cm³/mol. The molecule has 0 aliphatic heterocycles. The molecule has 2 aromatic rings. The van der Waals surface area contributed by atoms with E-state index in [2.05, 4.69) is 29.1 Å². The maximum atomic E-state index is 11.3. The minimum atomic E-state index is -1.08. The number of carbonyl (C=O) groups is 1. The van der Waals surface area contributed by atoms with Crippen LogP contribution < -0.4 is 0 Å². The van der Waals surface area contributed by atoms with Gasteiger partial charge in [-0.25, -0.2) is 14.5 Å². The average Bonchev–Trinajstić information content (AvgIpc) is 2.95. The standard InChI is InChI=1S/C12H17N5O2/c1-4-8(2)6-17-11(9-5-13-7-16(9)3)10(12(18)19)14-15-17/h5,7-8H,4,6H2,1-3H3,(H,18,19). The van der Waals surface area contributed by atoms with Gasteiger partial charge in [0.05, 0.1) is 18.2 Å². The van der Waals surface area contributed by atoms with Gasteiger partial charge in [-0.2, -0.15) is 0 Å². The summed E-state index contributed by atoms with van der Waals surface area (Å²) in [6.45, 7) is 4.82. The molecule has 7 heteroatoms. The summed E-state index contributed by atoms with van der Waals surface area (Å²) in [6.07, 6.45) is 4.24. The Bertz CT molecular complexity index is 587. The highest BCUT2D eigenvalue weighted by atomic mass is 16.4. The molecule has 1 N–H and O–H groups in total. The van der Waals surface area contributed by atoms with Crippen molar-refractivity contribution < 1.29 is 9.90 Å². The molecule has 0 radical (unpaired) electrons. The van der Waals surface area contributed by atoms with Crippen molar-refractivity contribution in [2.45, 2.75) is 26.8 Å². The number of aryl methyl sites for hydroxylation is 1. The minimum absolute atomic E-state index is 0.0353. The monoisotopic (exact) mass is 263 g/mol. The Morgan fingerprint density at radius 1 is 1.53 bits per heavy atom. The quantitative estimate of drug-likeness (QED) is 0.881. The van der Waals surface area contributed by atoms with Crippen LogP contribution in [0.15, 0.2) is 12.5 Å². The maximum absolute atomic E-state index is 11.3. The number of nitrogens with zero attached hydrogens (tertiary/aromatic N) is 5. The molecule has 0 spiro atoms. The van der Waals surface area contributed by atoms with E-state index in [1.807, 2.05) is 7.05 Å². The van der Waals surface area contributed by atoms with Crippen LogP contribution in [-0.4, -0.2) is 35.6 Å². The normalized spacial score (nSPS) is 12.6. The Balaban J connectivity index is 2.51. The van der Waals surface area contributed by atoms with Crippen molar-refractivity contribution in [2.75, 3.05) is 0 Å². The molecule has 0 amide bonds. The molecule has 19 heavy (non-hydrogen) atoms. The van der Waals surface area contributed by atoms with Gasteiger partial charge in [0.2, 0.25) is 0 Å². The van der Waals surface area contributed by atoms with E-state index in [9.17, 15) is 9.90 Å². The summed E-state index contributed by atoms with van der Waals surface area (Å²) in [4.78, 5) is 15.3. The number of hydrogen-bond donors (Lipinski definition) is 1. The van der Waals surface area contributed by atoms with Crippen LogP contribution in [-0.2, 0) is 13.6 Å². The number of aromatic nitrogens is 5. The first kappa shape index (κ1) is 13.3. The van der Waals surface area contributed by atoms with Gasteiger partial charge in [0.25, 0.3) is 0 Å². The summed E-state index contributed by atoms with van der Waals surface area (Å²) < 4.78 is 3.41. The molecule has 0 bridgehead atoms. The first-order valence-corrected chi connectivity index (χ1v) is 6.18. The number of aromatic carboxylic acids is 1. The topological polar surface area (TPSA) is 85.8 Å². The molecule has 102 valence electrons. The third-order valence-corrected chi connectivity index (χ3v) is 3.18. The molecule has 0 saturated carbocycles. The highest BCUT2D eigenvalue weighted by Crippen LogP contribution is 2.22. The van der Waals surface area contributed by atoms with Crippen molar-refractivity contribution >= 4 is 5.97 Å². The van der Waals surface area contributed by atoms with Crippen molar-refractivity contribution in [3.05, 3.63) is 18.2 Å². The zero-order chi connectivity index (χ0) is 14.0. The number of imidazole rings is 1. The SMILES string of the molecule is CCC(C)Cn1nnc(C(=O)O)c1-c1cncn1C.